The van der Waals surface area contributed by atoms with Gasteiger partial charge in [0.2, 0.25) is 6.29 Å². The van der Waals surface area contributed by atoms with Crippen LogP contribution in [0.15, 0.2) is 11.6 Å². The van der Waals surface area contributed by atoms with Gasteiger partial charge in [0.05, 0.1) is 31.3 Å². The predicted octanol–water partition coefficient (Wildman–Crippen LogP) is 3.87. The highest BCUT2D eigenvalue weighted by Crippen LogP contribution is 2.76. The highest BCUT2D eigenvalue weighted by atomic mass is 16.7. The first-order valence-corrected chi connectivity index (χ1v) is 18.9. The molecule has 5 fully saturated rings. The average molecular weight is 693 g/mol. The van der Waals surface area contributed by atoms with Crippen LogP contribution >= 0.6 is 0 Å². The Bertz CT molecular complexity index is 1280. The monoisotopic (exact) mass is 692 g/mol. The average Bonchev–Trinajstić information content (AvgIpc) is 3.04. The van der Waals surface area contributed by atoms with Gasteiger partial charge in [0, 0.05) is 0 Å². The van der Waals surface area contributed by atoms with Gasteiger partial charge in [-0.2, -0.15) is 0 Å². The molecular weight excluding hydrogens is 628 g/mol. The van der Waals surface area contributed by atoms with Gasteiger partial charge in [0.15, 0.2) is 0 Å². The van der Waals surface area contributed by atoms with Gasteiger partial charge < -0.3 is 44.8 Å². The summed E-state index contributed by atoms with van der Waals surface area (Å²) in [5, 5.41) is 60.6. The molecule has 0 aromatic carbocycles. The maximum absolute atomic E-state index is 14.5. The number of hydrogen-bond acceptors (Lipinski definition) is 10. The summed E-state index contributed by atoms with van der Waals surface area (Å²) in [4.78, 5) is 14.5. The molecule has 1 saturated heterocycles. The van der Waals surface area contributed by atoms with Gasteiger partial charge >= 0.3 is 5.97 Å². The fraction of sp³-hybridized carbons (Fsp3) is 0.923. The summed E-state index contributed by atoms with van der Waals surface area (Å²) in [7, 11) is 0. The van der Waals surface area contributed by atoms with Crippen LogP contribution in [0.1, 0.15) is 113 Å². The molecule has 10 nitrogen and oxygen atoms in total. The number of hydrogen-bond donors (Lipinski definition) is 6. The number of rotatable bonds is 7. The molecule has 0 amide bonds. The van der Waals surface area contributed by atoms with Crippen LogP contribution in [-0.2, 0) is 19.0 Å². The molecule has 2 unspecified atom stereocenters. The molecule has 0 aromatic heterocycles. The summed E-state index contributed by atoms with van der Waals surface area (Å²) in [5.41, 5.74) is 0.542. The van der Waals surface area contributed by atoms with E-state index >= 15 is 0 Å². The van der Waals surface area contributed by atoms with Crippen molar-refractivity contribution in [2.75, 3.05) is 19.8 Å². The van der Waals surface area contributed by atoms with Crippen molar-refractivity contribution in [3.63, 3.8) is 0 Å². The Morgan fingerprint density at radius 2 is 1.59 bits per heavy atom. The Morgan fingerprint density at radius 1 is 0.898 bits per heavy atom. The van der Waals surface area contributed by atoms with Gasteiger partial charge in [-0.3, -0.25) is 4.79 Å². The first-order chi connectivity index (χ1) is 22.8. The quantitative estimate of drug-likeness (QED) is 0.170. The van der Waals surface area contributed by atoms with Crippen LogP contribution in [0, 0.1) is 50.2 Å². The lowest BCUT2D eigenvalue weighted by Crippen LogP contribution is -2.65. The molecule has 5 aliphatic carbocycles. The molecule has 0 aromatic rings. The van der Waals surface area contributed by atoms with E-state index in [0.29, 0.717) is 24.7 Å². The van der Waals surface area contributed by atoms with Crippen molar-refractivity contribution in [1.29, 1.82) is 0 Å². The number of ether oxygens (including phenoxy) is 3. The van der Waals surface area contributed by atoms with E-state index in [1.807, 2.05) is 0 Å². The number of aliphatic hydroxyl groups is 6. The summed E-state index contributed by atoms with van der Waals surface area (Å²) in [5.74, 6) is 0.455. The third-order valence-corrected chi connectivity index (χ3v) is 15.8. The van der Waals surface area contributed by atoms with Crippen LogP contribution in [0.4, 0.5) is 0 Å². The van der Waals surface area contributed by atoms with Crippen LogP contribution < -0.4 is 0 Å². The van der Waals surface area contributed by atoms with Gasteiger partial charge in [0.25, 0.3) is 0 Å². The predicted molar refractivity (Wildman–Crippen MR) is 182 cm³/mol. The molecule has 0 bridgehead atoms. The Labute approximate surface area is 292 Å². The molecule has 6 aliphatic rings. The summed E-state index contributed by atoms with van der Waals surface area (Å²) < 4.78 is 17.9. The summed E-state index contributed by atoms with van der Waals surface area (Å²) >= 11 is 0. The number of allylic oxidation sites excluding steroid dienone is 2. The molecule has 0 radical (unpaired) electrons. The van der Waals surface area contributed by atoms with E-state index < -0.39 is 54.8 Å². The largest absolute Gasteiger partial charge is 0.432 e. The smallest absolute Gasteiger partial charge is 0.315 e. The number of fused-ring (bicyclic) bond motifs is 7. The Kier molecular flexibility index (Phi) is 9.82. The van der Waals surface area contributed by atoms with Crippen molar-refractivity contribution in [2.24, 2.45) is 50.2 Å². The van der Waals surface area contributed by atoms with Crippen molar-refractivity contribution < 1.29 is 49.6 Å². The lowest BCUT2D eigenvalue weighted by atomic mass is 9.33. The molecule has 14 atom stereocenters. The minimum Gasteiger partial charge on any atom is -0.432 e. The van der Waals surface area contributed by atoms with E-state index in [4.69, 9.17) is 14.2 Å². The van der Waals surface area contributed by atoms with Gasteiger partial charge in [-0.15, -0.1) is 0 Å². The van der Waals surface area contributed by atoms with E-state index in [-0.39, 0.29) is 52.3 Å². The Balaban J connectivity index is 1.30. The first kappa shape index (κ1) is 37.6. The van der Waals surface area contributed by atoms with Crippen molar-refractivity contribution in [1.82, 2.24) is 0 Å². The molecule has 280 valence electrons. The van der Waals surface area contributed by atoms with Crippen molar-refractivity contribution in [3.05, 3.63) is 11.6 Å². The standard InChI is InChI=1S/C39H64O10/c1-34(2)14-16-39(33(46)49-32-31(45)30(44)29(43)25(20-41)48-32)17-15-37(6)23(24(39)18-34)8-9-27-36(5)12-11-28(47-21-22(42)19-40)35(3,4)26(36)10-13-38(27,37)7/h8,22,24-32,40-45H,9-21H2,1-7H3/t22?,24-,25+,26-,27+,28-,29+,30-,31+,32?,36-,37+,38+,39-/m0/s1. The number of carbonyl (C=O) groups excluding carboxylic acids is 1. The fourth-order valence-corrected chi connectivity index (χ4v) is 12.6. The summed E-state index contributed by atoms with van der Waals surface area (Å²) in [6.45, 7) is 16.0. The van der Waals surface area contributed by atoms with E-state index in [2.05, 4.69) is 54.5 Å². The highest BCUT2D eigenvalue weighted by Gasteiger charge is 2.69. The minimum atomic E-state index is -1.63. The second-order valence-electron chi connectivity index (χ2n) is 19.0. The van der Waals surface area contributed by atoms with E-state index in [0.717, 1.165) is 51.4 Å². The van der Waals surface area contributed by atoms with Crippen LogP contribution in [0.2, 0.25) is 0 Å². The van der Waals surface area contributed by atoms with Crippen molar-refractivity contribution >= 4 is 5.97 Å². The Hall–Kier alpha value is -1.11. The number of carbonyl (C=O) groups is 1. The molecule has 6 rings (SSSR count). The number of esters is 1. The molecule has 49 heavy (non-hydrogen) atoms. The van der Waals surface area contributed by atoms with Crippen LogP contribution in [0.5, 0.6) is 0 Å². The van der Waals surface area contributed by atoms with Gasteiger partial charge in [-0.1, -0.05) is 60.1 Å². The zero-order valence-electron chi connectivity index (χ0n) is 30.9. The van der Waals surface area contributed by atoms with Gasteiger partial charge in [0.1, 0.15) is 30.5 Å². The molecular formula is C39H64O10. The first-order valence-electron chi connectivity index (χ1n) is 18.9. The molecule has 10 heteroatoms. The van der Waals surface area contributed by atoms with Crippen LogP contribution in [0.25, 0.3) is 0 Å². The van der Waals surface area contributed by atoms with Crippen LogP contribution in [-0.4, -0.2) is 99.3 Å². The third-order valence-electron chi connectivity index (χ3n) is 15.8. The normalized spacial score (nSPS) is 49.3. The lowest BCUT2D eigenvalue weighted by Gasteiger charge is -2.71. The second kappa shape index (κ2) is 12.8. The van der Waals surface area contributed by atoms with E-state index in [9.17, 15) is 35.4 Å². The molecule has 0 spiro atoms. The molecule has 1 aliphatic heterocycles. The van der Waals surface area contributed by atoms with E-state index in [1.165, 1.54) is 5.57 Å². The van der Waals surface area contributed by atoms with Crippen molar-refractivity contribution in [2.45, 2.75) is 156 Å². The molecule has 4 saturated carbocycles. The molecule has 6 N–H and O–H groups in total. The number of aliphatic hydroxyl groups excluding tert-OH is 6. The Morgan fingerprint density at radius 3 is 2.27 bits per heavy atom. The summed E-state index contributed by atoms with van der Waals surface area (Å²) in [6.07, 6.45) is 3.26. The summed E-state index contributed by atoms with van der Waals surface area (Å²) in [6, 6.07) is 0. The fourth-order valence-electron chi connectivity index (χ4n) is 12.6. The highest BCUT2D eigenvalue weighted by molar-refractivity contribution is 5.79. The van der Waals surface area contributed by atoms with Crippen molar-refractivity contribution in [3.8, 4) is 0 Å². The third kappa shape index (κ3) is 5.69. The maximum Gasteiger partial charge on any atom is 0.315 e. The van der Waals surface area contributed by atoms with Gasteiger partial charge in [-0.25, -0.2) is 0 Å². The second-order valence-corrected chi connectivity index (χ2v) is 19.0. The topological polar surface area (TPSA) is 166 Å². The zero-order chi connectivity index (χ0) is 35.9. The lowest BCUT2D eigenvalue weighted by molar-refractivity contribution is -0.297. The van der Waals surface area contributed by atoms with E-state index in [1.54, 1.807) is 0 Å². The van der Waals surface area contributed by atoms with Gasteiger partial charge in [-0.05, 0) is 109 Å². The SMILES string of the molecule is CC1(C)CC[C@]2(C(=O)OC3O[C@H](CO)[C@@H](O)[C@H](O)[C@H]3O)CC[C@]3(C)C(=CC[C@@H]4[C@@]5(C)CC[C@H](OCC(O)CO)C(C)(C)[C@@H]5CC[C@]43C)[C@@H]2C1. The van der Waals surface area contributed by atoms with Crippen LogP contribution in [0.3, 0.4) is 0 Å². The molecule has 1 heterocycles. The maximum atomic E-state index is 14.5. The zero-order valence-corrected chi connectivity index (χ0v) is 30.9. The minimum absolute atomic E-state index is 0.0219.